The van der Waals surface area contributed by atoms with Gasteiger partial charge in [0, 0.05) is 17.8 Å². The number of oxime groups is 1. The van der Waals surface area contributed by atoms with Gasteiger partial charge in [0.15, 0.2) is 0 Å². The molecule has 1 amide bonds. The molecule has 23 heavy (non-hydrogen) atoms. The van der Waals surface area contributed by atoms with Crippen LogP contribution in [0.4, 0.5) is 4.39 Å². The Labute approximate surface area is 138 Å². The summed E-state index contributed by atoms with van der Waals surface area (Å²) in [6.45, 7) is 0.614. The second kappa shape index (κ2) is 7.37. The van der Waals surface area contributed by atoms with E-state index in [1.807, 2.05) is 6.07 Å². The van der Waals surface area contributed by atoms with Crippen LogP contribution in [0.25, 0.3) is 0 Å². The lowest BCUT2D eigenvalue weighted by Crippen LogP contribution is -2.35. The SMILES string of the molecule is O=C(NCCCc1cccs1)C1CC(c2ccc(F)cc2)=NO1. The molecule has 1 N–H and O–H groups in total. The van der Waals surface area contributed by atoms with Crippen molar-refractivity contribution in [3.8, 4) is 0 Å². The van der Waals surface area contributed by atoms with E-state index in [9.17, 15) is 9.18 Å². The van der Waals surface area contributed by atoms with Gasteiger partial charge in [-0.2, -0.15) is 0 Å². The van der Waals surface area contributed by atoms with Crippen LogP contribution in [0.1, 0.15) is 23.3 Å². The van der Waals surface area contributed by atoms with E-state index in [1.54, 1.807) is 23.5 Å². The molecule has 1 atom stereocenters. The van der Waals surface area contributed by atoms with Crippen molar-refractivity contribution in [2.24, 2.45) is 5.16 Å². The van der Waals surface area contributed by atoms with Crippen LogP contribution in [-0.4, -0.2) is 24.3 Å². The van der Waals surface area contributed by atoms with Gasteiger partial charge in [0.25, 0.3) is 5.91 Å². The maximum Gasteiger partial charge on any atom is 0.264 e. The van der Waals surface area contributed by atoms with E-state index in [2.05, 4.69) is 21.9 Å². The topological polar surface area (TPSA) is 50.7 Å². The van der Waals surface area contributed by atoms with Gasteiger partial charge in [-0.05, 0) is 42.0 Å². The summed E-state index contributed by atoms with van der Waals surface area (Å²) in [4.78, 5) is 18.6. The number of halogens is 1. The van der Waals surface area contributed by atoms with Crippen molar-refractivity contribution in [3.05, 3.63) is 58.0 Å². The summed E-state index contributed by atoms with van der Waals surface area (Å²) in [6.07, 6.45) is 1.66. The summed E-state index contributed by atoms with van der Waals surface area (Å²) in [5.74, 6) is -0.453. The van der Waals surface area contributed by atoms with Crippen molar-refractivity contribution >= 4 is 23.0 Å². The van der Waals surface area contributed by atoms with Crippen molar-refractivity contribution in [2.45, 2.75) is 25.4 Å². The van der Waals surface area contributed by atoms with Crippen molar-refractivity contribution in [1.29, 1.82) is 0 Å². The number of benzene rings is 1. The van der Waals surface area contributed by atoms with Crippen LogP contribution < -0.4 is 5.32 Å². The van der Waals surface area contributed by atoms with E-state index in [0.29, 0.717) is 18.7 Å². The highest BCUT2D eigenvalue weighted by Gasteiger charge is 2.28. The van der Waals surface area contributed by atoms with E-state index in [4.69, 9.17) is 4.84 Å². The van der Waals surface area contributed by atoms with Crippen LogP contribution >= 0.6 is 11.3 Å². The van der Waals surface area contributed by atoms with Crippen LogP contribution in [0.3, 0.4) is 0 Å². The zero-order chi connectivity index (χ0) is 16.1. The molecule has 2 aromatic rings. The summed E-state index contributed by atoms with van der Waals surface area (Å²) < 4.78 is 12.9. The monoisotopic (exact) mass is 332 g/mol. The largest absolute Gasteiger partial charge is 0.382 e. The average Bonchev–Trinajstić information content (AvgIpc) is 3.24. The van der Waals surface area contributed by atoms with Crippen molar-refractivity contribution < 1.29 is 14.0 Å². The summed E-state index contributed by atoms with van der Waals surface area (Å²) in [5, 5.41) is 8.87. The molecule has 4 nitrogen and oxygen atoms in total. The van der Waals surface area contributed by atoms with Crippen LogP contribution in [-0.2, 0) is 16.1 Å². The standard InChI is InChI=1S/C17H17FN2O2S/c18-13-7-5-12(6-8-13)15-11-16(22-20-15)17(21)19-9-1-3-14-4-2-10-23-14/h2,4-8,10,16H,1,3,9,11H2,(H,19,21). The number of carbonyl (C=O) groups is 1. The summed E-state index contributed by atoms with van der Waals surface area (Å²) >= 11 is 1.72. The zero-order valence-corrected chi connectivity index (χ0v) is 13.3. The van der Waals surface area contributed by atoms with E-state index < -0.39 is 6.10 Å². The summed E-state index contributed by atoms with van der Waals surface area (Å²) in [6, 6.07) is 10.1. The Morgan fingerprint density at radius 3 is 2.91 bits per heavy atom. The highest BCUT2D eigenvalue weighted by atomic mass is 32.1. The first-order valence-electron chi connectivity index (χ1n) is 7.51. The van der Waals surface area contributed by atoms with Gasteiger partial charge < -0.3 is 10.2 Å². The number of hydrogen-bond donors (Lipinski definition) is 1. The van der Waals surface area contributed by atoms with Crippen LogP contribution in [0.15, 0.2) is 46.9 Å². The molecule has 120 valence electrons. The Kier molecular flexibility index (Phi) is 5.02. The molecule has 0 aliphatic carbocycles. The van der Waals surface area contributed by atoms with Gasteiger partial charge in [0.1, 0.15) is 5.82 Å². The lowest BCUT2D eigenvalue weighted by Gasteiger charge is -2.09. The highest BCUT2D eigenvalue weighted by Crippen LogP contribution is 2.17. The van der Waals surface area contributed by atoms with Gasteiger partial charge in [0.2, 0.25) is 6.10 Å². The van der Waals surface area contributed by atoms with Crippen LogP contribution in [0.5, 0.6) is 0 Å². The van der Waals surface area contributed by atoms with Gasteiger partial charge >= 0.3 is 0 Å². The number of nitrogens with one attached hydrogen (secondary N) is 1. The molecule has 1 aliphatic heterocycles. The molecule has 1 aromatic heterocycles. The molecule has 2 heterocycles. The minimum Gasteiger partial charge on any atom is -0.382 e. The summed E-state index contributed by atoms with van der Waals surface area (Å²) in [7, 11) is 0. The molecular formula is C17H17FN2O2S. The number of nitrogens with zero attached hydrogens (tertiary/aromatic N) is 1. The number of rotatable bonds is 6. The van der Waals surface area contributed by atoms with Crippen molar-refractivity contribution in [1.82, 2.24) is 5.32 Å². The molecular weight excluding hydrogens is 315 g/mol. The molecule has 0 saturated carbocycles. The van der Waals surface area contributed by atoms with E-state index >= 15 is 0 Å². The number of hydrogen-bond acceptors (Lipinski definition) is 4. The lowest BCUT2D eigenvalue weighted by atomic mass is 10.0. The molecule has 0 spiro atoms. The number of aryl methyl sites for hydroxylation is 1. The predicted molar refractivity (Wildman–Crippen MR) is 88.1 cm³/mol. The van der Waals surface area contributed by atoms with E-state index in [0.717, 1.165) is 18.4 Å². The first kappa shape index (κ1) is 15.7. The number of carbonyl (C=O) groups excluding carboxylic acids is 1. The maximum atomic E-state index is 12.9. The lowest BCUT2D eigenvalue weighted by molar-refractivity contribution is -0.131. The average molecular weight is 332 g/mol. The third kappa shape index (κ3) is 4.16. The second-order valence-corrected chi connectivity index (χ2v) is 6.35. The Bertz CT molecular complexity index is 683. The molecule has 0 bridgehead atoms. The molecule has 0 fully saturated rings. The third-order valence-electron chi connectivity index (χ3n) is 3.62. The van der Waals surface area contributed by atoms with Gasteiger partial charge in [-0.3, -0.25) is 4.79 Å². The normalized spacial score (nSPS) is 16.7. The maximum absolute atomic E-state index is 12.9. The molecule has 6 heteroatoms. The molecule has 0 radical (unpaired) electrons. The van der Waals surface area contributed by atoms with Crippen molar-refractivity contribution in [2.75, 3.05) is 6.54 Å². The fourth-order valence-corrected chi connectivity index (χ4v) is 3.12. The number of thiophene rings is 1. The first-order valence-corrected chi connectivity index (χ1v) is 8.39. The molecule has 1 aromatic carbocycles. The molecule has 1 unspecified atom stereocenters. The third-order valence-corrected chi connectivity index (χ3v) is 4.55. The fourth-order valence-electron chi connectivity index (χ4n) is 2.37. The smallest absolute Gasteiger partial charge is 0.264 e. The predicted octanol–water partition coefficient (Wildman–Crippen LogP) is 3.13. The molecule has 0 saturated heterocycles. The van der Waals surface area contributed by atoms with Gasteiger partial charge in [-0.1, -0.05) is 23.4 Å². The van der Waals surface area contributed by atoms with Gasteiger partial charge in [-0.15, -0.1) is 11.3 Å². The minimum atomic E-state index is -0.600. The molecule has 1 aliphatic rings. The summed E-state index contributed by atoms with van der Waals surface area (Å²) in [5.41, 5.74) is 1.45. The quantitative estimate of drug-likeness (QED) is 0.826. The van der Waals surface area contributed by atoms with Crippen LogP contribution in [0.2, 0.25) is 0 Å². The van der Waals surface area contributed by atoms with E-state index in [-0.39, 0.29) is 11.7 Å². The van der Waals surface area contributed by atoms with Crippen LogP contribution in [0, 0.1) is 5.82 Å². The van der Waals surface area contributed by atoms with Crippen molar-refractivity contribution in [3.63, 3.8) is 0 Å². The second-order valence-electron chi connectivity index (χ2n) is 5.32. The van der Waals surface area contributed by atoms with Gasteiger partial charge in [-0.25, -0.2) is 4.39 Å². The number of amides is 1. The minimum absolute atomic E-state index is 0.156. The Morgan fingerprint density at radius 2 is 2.17 bits per heavy atom. The first-order chi connectivity index (χ1) is 11.2. The van der Waals surface area contributed by atoms with Gasteiger partial charge in [0.05, 0.1) is 5.71 Å². The Hall–Kier alpha value is -2.21. The Morgan fingerprint density at radius 1 is 1.35 bits per heavy atom. The fraction of sp³-hybridized carbons (Fsp3) is 0.294. The molecule has 3 rings (SSSR count). The zero-order valence-electron chi connectivity index (χ0n) is 12.5. The highest BCUT2D eigenvalue weighted by molar-refractivity contribution is 7.09. The van der Waals surface area contributed by atoms with E-state index in [1.165, 1.54) is 17.0 Å². The Balaban J connectivity index is 1.42.